The summed E-state index contributed by atoms with van der Waals surface area (Å²) in [4.78, 5) is 0. The molecule has 0 aromatic heterocycles. The van der Waals surface area contributed by atoms with Crippen LogP contribution in [-0.2, 0) is 0 Å². The minimum atomic E-state index is -0.0973. The first-order valence-electron chi connectivity index (χ1n) is 4.14. The van der Waals surface area contributed by atoms with E-state index in [4.69, 9.17) is 0 Å². The third kappa shape index (κ3) is 0.807. The summed E-state index contributed by atoms with van der Waals surface area (Å²) in [7, 11) is 0. The molecule has 56 valence electrons. The normalized spacial score (nSPS) is 46.4. The molecule has 10 heavy (non-hydrogen) atoms. The molecule has 2 aliphatic rings. The molecule has 1 N–H and O–H groups in total. The van der Waals surface area contributed by atoms with Gasteiger partial charge in [-0.15, -0.1) is 0 Å². The van der Waals surface area contributed by atoms with Gasteiger partial charge >= 0.3 is 0 Å². The van der Waals surface area contributed by atoms with Crippen molar-refractivity contribution in [3.8, 4) is 0 Å². The highest BCUT2D eigenvalue weighted by Crippen LogP contribution is 2.44. The Bertz CT molecular complexity index is 160. The van der Waals surface area contributed by atoms with Gasteiger partial charge in [-0.25, -0.2) is 0 Å². The standard InChI is InChI=1S/C9H14O/c1-6(10)9-5-7-2-3-8(9)4-7/h2-3,6-10H,4-5H2,1H3/t6-,7+,8-,9-/m0/s1. The molecule has 2 bridgehead atoms. The van der Waals surface area contributed by atoms with Crippen LogP contribution in [0.2, 0.25) is 0 Å². The van der Waals surface area contributed by atoms with E-state index >= 15 is 0 Å². The van der Waals surface area contributed by atoms with E-state index in [9.17, 15) is 5.11 Å². The summed E-state index contributed by atoms with van der Waals surface area (Å²) in [6.07, 6.45) is 7.02. The van der Waals surface area contributed by atoms with Crippen molar-refractivity contribution >= 4 is 0 Å². The Morgan fingerprint density at radius 1 is 1.40 bits per heavy atom. The van der Waals surface area contributed by atoms with Crippen LogP contribution >= 0.6 is 0 Å². The zero-order valence-electron chi connectivity index (χ0n) is 6.33. The minimum Gasteiger partial charge on any atom is -0.393 e. The maximum absolute atomic E-state index is 9.34. The Kier molecular flexibility index (Phi) is 1.34. The first-order chi connectivity index (χ1) is 4.77. The highest BCUT2D eigenvalue weighted by molar-refractivity contribution is 5.10. The predicted molar refractivity (Wildman–Crippen MR) is 40.5 cm³/mol. The van der Waals surface area contributed by atoms with Crippen molar-refractivity contribution in [2.45, 2.75) is 25.9 Å². The third-order valence-corrected chi connectivity index (χ3v) is 2.95. The maximum Gasteiger partial charge on any atom is 0.0546 e. The lowest BCUT2D eigenvalue weighted by atomic mass is 9.89. The molecule has 0 radical (unpaired) electrons. The topological polar surface area (TPSA) is 20.2 Å². The summed E-state index contributed by atoms with van der Waals surface area (Å²) in [5.74, 6) is 2.06. The van der Waals surface area contributed by atoms with E-state index in [1.165, 1.54) is 12.8 Å². The molecule has 1 nitrogen and oxygen atoms in total. The lowest BCUT2D eigenvalue weighted by Gasteiger charge is -2.20. The van der Waals surface area contributed by atoms with E-state index in [-0.39, 0.29) is 6.10 Å². The maximum atomic E-state index is 9.34. The van der Waals surface area contributed by atoms with Gasteiger partial charge in [-0.2, -0.15) is 0 Å². The molecule has 2 rings (SSSR count). The fourth-order valence-electron chi connectivity index (χ4n) is 2.38. The average Bonchev–Trinajstić information content (AvgIpc) is 2.44. The zero-order chi connectivity index (χ0) is 7.14. The molecule has 1 saturated carbocycles. The largest absolute Gasteiger partial charge is 0.393 e. The van der Waals surface area contributed by atoms with Crippen LogP contribution in [0.4, 0.5) is 0 Å². The van der Waals surface area contributed by atoms with Crippen molar-refractivity contribution in [2.24, 2.45) is 17.8 Å². The van der Waals surface area contributed by atoms with E-state index in [1.807, 2.05) is 6.92 Å². The van der Waals surface area contributed by atoms with Gasteiger partial charge in [-0.1, -0.05) is 12.2 Å². The Labute approximate surface area is 61.8 Å². The van der Waals surface area contributed by atoms with E-state index in [0.717, 1.165) is 5.92 Å². The van der Waals surface area contributed by atoms with Crippen LogP contribution in [0.1, 0.15) is 19.8 Å². The SMILES string of the molecule is C[C@H](O)[C@@H]1C[C@@H]2C=C[C@H]1C2. The highest BCUT2D eigenvalue weighted by atomic mass is 16.3. The second-order valence-corrected chi connectivity index (χ2v) is 3.68. The summed E-state index contributed by atoms with van der Waals surface area (Å²) in [6.45, 7) is 1.92. The fourth-order valence-corrected chi connectivity index (χ4v) is 2.38. The summed E-state index contributed by atoms with van der Waals surface area (Å²) >= 11 is 0. The molecule has 0 amide bonds. The molecule has 0 saturated heterocycles. The summed E-state index contributed by atoms with van der Waals surface area (Å²) in [5.41, 5.74) is 0. The molecule has 1 heteroatoms. The molecule has 0 aromatic carbocycles. The molecule has 2 aliphatic carbocycles. The van der Waals surface area contributed by atoms with Crippen LogP contribution in [0.15, 0.2) is 12.2 Å². The van der Waals surface area contributed by atoms with E-state index in [2.05, 4.69) is 12.2 Å². The third-order valence-electron chi connectivity index (χ3n) is 2.95. The van der Waals surface area contributed by atoms with Crippen LogP contribution in [-0.4, -0.2) is 11.2 Å². The Balaban J connectivity index is 2.09. The van der Waals surface area contributed by atoms with Crippen LogP contribution in [0, 0.1) is 17.8 Å². The molecular formula is C9H14O. The number of aliphatic hydroxyl groups is 1. The fraction of sp³-hybridized carbons (Fsp3) is 0.778. The van der Waals surface area contributed by atoms with Gasteiger partial charge in [0, 0.05) is 0 Å². The Morgan fingerprint density at radius 2 is 2.20 bits per heavy atom. The molecular weight excluding hydrogens is 124 g/mol. The van der Waals surface area contributed by atoms with Crippen molar-refractivity contribution in [1.29, 1.82) is 0 Å². The second kappa shape index (κ2) is 2.09. The second-order valence-electron chi connectivity index (χ2n) is 3.68. The number of hydrogen-bond acceptors (Lipinski definition) is 1. The number of aliphatic hydroxyl groups excluding tert-OH is 1. The molecule has 0 unspecified atom stereocenters. The number of hydrogen-bond donors (Lipinski definition) is 1. The van der Waals surface area contributed by atoms with Crippen LogP contribution in [0.25, 0.3) is 0 Å². The van der Waals surface area contributed by atoms with Gasteiger partial charge in [0.15, 0.2) is 0 Å². The Morgan fingerprint density at radius 3 is 2.50 bits per heavy atom. The lowest BCUT2D eigenvalue weighted by molar-refractivity contribution is 0.111. The predicted octanol–water partition coefficient (Wildman–Crippen LogP) is 1.58. The molecule has 0 spiro atoms. The minimum absolute atomic E-state index is 0.0973. The van der Waals surface area contributed by atoms with Gasteiger partial charge in [-0.3, -0.25) is 0 Å². The number of rotatable bonds is 1. The van der Waals surface area contributed by atoms with E-state index in [0.29, 0.717) is 11.8 Å². The van der Waals surface area contributed by atoms with Crippen LogP contribution in [0.3, 0.4) is 0 Å². The number of allylic oxidation sites excluding steroid dienone is 2. The van der Waals surface area contributed by atoms with Gasteiger partial charge in [0.2, 0.25) is 0 Å². The van der Waals surface area contributed by atoms with Crippen molar-refractivity contribution < 1.29 is 5.11 Å². The Hall–Kier alpha value is -0.300. The van der Waals surface area contributed by atoms with Crippen molar-refractivity contribution in [1.82, 2.24) is 0 Å². The van der Waals surface area contributed by atoms with Gasteiger partial charge < -0.3 is 5.11 Å². The monoisotopic (exact) mass is 138 g/mol. The molecule has 1 fully saturated rings. The van der Waals surface area contributed by atoms with Gasteiger partial charge in [-0.05, 0) is 37.5 Å². The van der Waals surface area contributed by atoms with Gasteiger partial charge in [0.1, 0.15) is 0 Å². The molecule has 4 atom stereocenters. The van der Waals surface area contributed by atoms with Gasteiger partial charge in [0.05, 0.1) is 6.10 Å². The van der Waals surface area contributed by atoms with Crippen LogP contribution in [0.5, 0.6) is 0 Å². The number of fused-ring (bicyclic) bond motifs is 2. The molecule has 0 aromatic rings. The summed E-state index contributed by atoms with van der Waals surface area (Å²) in [5, 5.41) is 9.34. The summed E-state index contributed by atoms with van der Waals surface area (Å²) in [6, 6.07) is 0. The zero-order valence-corrected chi connectivity index (χ0v) is 6.33. The van der Waals surface area contributed by atoms with Crippen molar-refractivity contribution in [2.75, 3.05) is 0 Å². The quantitative estimate of drug-likeness (QED) is 0.545. The van der Waals surface area contributed by atoms with Crippen molar-refractivity contribution in [3.63, 3.8) is 0 Å². The van der Waals surface area contributed by atoms with E-state index in [1.54, 1.807) is 0 Å². The summed E-state index contributed by atoms with van der Waals surface area (Å²) < 4.78 is 0. The van der Waals surface area contributed by atoms with Crippen molar-refractivity contribution in [3.05, 3.63) is 12.2 Å². The first kappa shape index (κ1) is 6.41. The van der Waals surface area contributed by atoms with E-state index < -0.39 is 0 Å². The van der Waals surface area contributed by atoms with Gasteiger partial charge in [0.25, 0.3) is 0 Å². The average molecular weight is 138 g/mol. The lowest BCUT2D eigenvalue weighted by Crippen LogP contribution is -2.20. The smallest absolute Gasteiger partial charge is 0.0546 e. The highest BCUT2D eigenvalue weighted by Gasteiger charge is 2.37. The first-order valence-corrected chi connectivity index (χ1v) is 4.14. The molecule has 0 heterocycles. The van der Waals surface area contributed by atoms with Crippen LogP contribution < -0.4 is 0 Å². The molecule has 0 aliphatic heterocycles.